The van der Waals surface area contributed by atoms with E-state index in [0.717, 1.165) is 44.7 Å². The Kier molecular flexibility index (Phi) is 4.23. The molecule has 0 radical (unpaired) electrons. The van der Waals surface area contributed by atoms with Crippen LogP contribution >= 0.6 is 0 Å². The molecule has 7 heteroatoms. The largest absolute Gasteiger partial charge is 0.354 e. The number of pyridine rings is 1. The zero-order valence-electron chi connectivity index (χ0n) is 14.6. The number of nitrogens with zero attached hydrogens (tertiary/aromatic N) is 4. The molecule has 134 valence electrons. The van der Waals surface area contributed by atoms with Crippen LogP contribution in [0.3, 0.4) is 0 Å². The van der Waals surface area contributed by atoms with E-state index in [4.69, 9.17) is 0 Å². The van der Waals surface area contributed by atoms with Gasteiger partial charge in [0.25, 0.3) is 5.91 Å². The maximum atomic E-state index is 13.0. The Bertz CT molecular complexity index is 673. The number of fused-ring (bicyclic) bond motifs is 1. The molecular formula is C18H25N5O2. The predicted octanol–water partition coefficient (Wildman–Crippen LogP) is 1.31. The second-order valence-electron chi connectivity index (χ2n) is 7.20. The summed E-state index contributed by atoms with van der Waals surface area (Å²) in [6.45, 7) is 3.16. The molecule has 3 saturated heterocycles. The topological polar surface area (TPSA) is 68.8 Å². The molecule has 3 aliphatic heterocycles. The van der Waals surface area contributed by atoms with E-state index in [1.54, 1.807) is 11.1 Å². The number of carbonyl (C=O) groups is 2. The number of piperidine rings is 2. The first-order chi connectivity index (χ1) is 12.1. The molecule has 7 nitrogen and oxygen atoms in total. The quantitative estimate of drug-likeness (QED) is 0.879. The molecule has 25 heavy (non-hydrogen) atoms. The van der Waals surface area contributed by atoms with Crippen molar-refractivity contribution >= 4 is 17.8 Å². The van der Waals surface area contributed by atoms with Crippen molar-refractivity contribution < 1.29 is 9.59 Å². The van der Waals surface area contributed by atoms with E-state index in [1.807, 2.05) is 24.1 Å². The van der Waals surface area contributed by atoms with Gasteiger partial charge in [-0.15, -0.1) is 0 Å². The van der Waals surface area contributed by atoms with Crippen molar-refractivity contribution in [1.29, 1.82) is 0 Å². The molecule has 0 unspecified atom stereocenters. The third kappa shape index (κ3) is 2.92. The van der Waals surface area contributed by atoms with E-state index in [0.29, 0.717) is 12.1 Å². The molecule has 3 amide bonds. The van der Waals surface area contributed by atoms with Crippen molar-refractivity contribution in [1.82, 2.24) is 20.1 Å². The third-order valence-electron chi connectivity index (χ3n) is 5.66. The summed E-state index contributed by atoms with van der Waals surface area (Å²) in [6.07, 6.45) is 5.98. The van der Waals surface area contributed by atoms with Gasteiger partial charge in [0.2, 0.25) is 0 Å². The highest BCUT2D eigenvalue weighted by Crippen LogP contribution is 2.27. The zero-order valence-corrected chi connectivity index (χ0v) is 14.6. The number of hydrogen-bond acceptors (Lipinski definition) is 4. The van der Waals surface area contributed by atoms with Gasteiger partial charge in [0, 0.05) is 39.4 Å². The molecule has 1 N–H and O–H groups in total. The monoisotopic (exact) mass is 343 g/mol. The first kappa shape index (κ1) is 16.2. The third-order valence-corrected chi connectivity index (χ3v) is 5.66. The first-order valence-corrected chi connectivity index (χ1v) is 9.18. The predicted molar refractivity (Wildman–Crippen MR) is 94.7 cm³/mol. The lowest BCUT2D eigenvalue weighted by Crippen LogP contribution is -2.51. The second-order valence-corrected chi connectivity index (χ2v) is 7.20. The fourth-order valence-corrected chi connectivity index (χ4v) is 4.23. The number of amides is 3. The van der Waals surface area contributed by atoms with Gasteiger partial charge in [-0.1, -0.05) is 0 Å². The van der Waals surface area contributed by atoms with Crippen LogP contribution in [0.2, 0.25) is 0 Å². The van der Waals surface area contributed by atoms with Crippen molar-refractivity contribution in [3.05, 3.63) is 23.9 Å². The summed E-state index contributed by atoms with van der Waals surface area (Å²) in [5.74, 6) is 0.831. The summed E-state index contributed by atoms with van der Waals surface area (Å²) in [7, 11) is 1.85. The number of rotatable bonds is 2. The van der Waals surface area contributed by atoms with E-state index in [-0.39, 0.29) is 24.0 Å². The van der Waals surface area contributed by atoms with Crippen LogP contribution in [0.4, 0.5) is 10.6 Å². The van der Waals surface area contributed by atoms with Crippen LogP contribution in [0.15, 0.2) is 18.3 Å². The van der Waals surface area contributed by atoms with Gasteiger partial charge in [-0.25, -0.2) is 9.78 Å². The lowest BCUT2D eigenvalue weighted by atomic mass is 9.99. The number of aromatic nitrogens is 1. The number of hydrogen-bond donors (Lipinski definition) is 1. The minimum absolute atomic E-state index is 0.0116. The van der Waals surface area contributed by atoms with Crippen LogP contribution in [0.1, 0.15) is 36.0 Å². The lowest BCUT2D eigenvalue weighted by molar-refractivity contribution is 0.0724. The minimum atomic E-state index is -0.0116. The Balaban J connectivity index is 1.55. The standard InChI is InChI=1S/C18H25N5O2/c1-21-15-7-11-23(12-14(15)20-18(21)25)16-13(6-5-8-19-16)17(24)22-9-3-2-4-10-22/h5-6,8,14-15H,2-4,7,9-12H2,1H3,(H,20,25)/t14-,15+/m1/s1. The van der Waals surface area contributed by atoms with Gasteiger partial charge >= 0.3 is 6.03 Å². The fourth-order valence-electron chi connectivity index (χ4n) is 4.23. The Labute approximate surface area is 148 Å². The van der Waals surface area contributed by atoms with E-state index < -0.39 is 0 Å². The lowest BCUT2D eigenvalue weighted by Gasteiger charge is -2.37. The normalized spacial score (nSPS) is 26.4. The number of urea groups is 1. The molecule has 4 rings (SSSR count). The Morgan fingerprint density at radius 3 is 2.84 bits per heavy atom. The highest BCUT2D eigenvalue weighted by atomic mass is 16.2. The van der Waals surface area contributed by atoms with Gasteiger partial charge in [-0.3, -0.25) is 4.79 Å². The van der Waals surface area contributed by atoms with E-state index in [1.165, 1.54) is 6.42 Å². The molecule has 0 spiro atoms. The van der Waals surface area contributed by atoms with Crippen molar-refractivity contribution in [3.8, 4) is 0 Å². The van der Waals surface area contributed by atoms with Crippen LogP contribution in [0.5, 0.6) is 0 Å². The number of anilines is 1. The number of likely N-dealkylation sites (N-methyl/N-ethyl adjacent to an activating group) is 1. The molecule has 0 aromatic carbocycles. The second kappa shape index (κ2) is 6.54. The van der Waals surface area contributed by atoms with Gasteiger partial charge in [0.1, 0.15) is 5.82 Å². The molecule has 4 heterocycles. The summed E-state index contributed by atoms with van der Waals surface area (Å²) in [5, 5.41) is 3.04. The van der Waals surface area contributed by atoms with Crippen LogP contribution in [-0.2, 0) is 0 Å². The molecule has 0 bridgehead atoms. The number of nitrogens with one attached hydrogen (secondary N) is 1. The smallest absolute Gasteiger partial charge is 0.317 e. The van der Waals surface area contributed by atoms with Crippen LogP contribution in [0, 0.1) is 0 Å². The molecule has 2 atom stereocenters. The van der Waals surface area contributed by atoms with Crippen molar-refractivity contribution in [2.45, 2.75) is 37.8 Å². The molecular weight excluding hydrogens is 318 g/mol. The SMILES string of the molecule is CN1C(=O)N[C@@H]2CN(c3ncccc3C(=O)N3CCCCC3)CC[C@@H]21. The van der Waals surface area contributed by atoms with Gasteiger partial charge < -0.3 is 20.0 Å². The van der Waals surface area contributed by atoms with Crippen LogP contribution in [0.25, 0.3) is 0 Å². The summed E-state index contributed by atoms with van der Waals surface area (Å²) in [4.78, 5) is 35.3. The van der Waals surface area contributed by atoms with Gasteiger partial charge in [0.05, 0.1) is 17.6 Å². The van der Waals surface area contributed by atoms with Crippen LogP contribution < -0.4 is 10.2 Å². The average molecular weight is 343 g/mol. The Morgan fingerprint density at radius 2 is 2.04 bits per heavy atom. The minimum Gasteiger partial charge on any atom is -0.354 e. The van der Waals surface area contributed by atoms with Gasteiger partial charge in [-0.2, -0.15) is 0 Å². The zero-order chi connectivity index (χ0) is 17.4. The van der Waals surface area contributed by atoms with Crippen molar-refractivity contribution in [2.75, 3.05) is 38.1 Å². The van der Waals surface area contributed by atoms with Crippen LogP contribution in [-0.4, -0.2) is 72.0 Å². The summed E-state index contributed by atoms with van der Waals surface area (Å²) < 4.78 is 0. The Hall–Kier alpha value is -2.31. The summed E-state index contributed by atoms with van der Waals surface area (Å²) in [5.41, 5.74) is 0.681. The summed E-state index contributed by atoms with van der Waals surface area (Å²) in [6, 6.07) is 4.02. The average Bonchev–Trinajstić information content (AvgIpc) is 2.95. The molecule has 0 saturated carbocycles. The number of likely N-dealkylation sites (tertiary alicyclic amines) is 1. The molecule has 1 aromatic heterocycles. The first-order valence-electron chi connectivity index (χ1n) is 9.18. The highest BCUT2D eigenvalue weighted by Gasteiger charge is 2.41. The molecule has 0 aliphatic carbocycles. The molecule has 1 aromatic rings. The maximum Gasteiger partial charge on any atom is 0.317 e. The molecule has 3 aliphatic rings. The van der Waals surface area contributed by atoms with E-state index in [2.05, 4.69) is 15.2 Å². The van der Waals surface area contributed by atoms with E-state index in [9.17, 15) is 9.59 Å². The Morgan fingerprint density at radius 1 is 1.24 bits per heavy atom. The number of carbonyl (C=O) groups excluding carboxylic acids is 2. The summed E-state index contributed by atoms with van der Waals surface area (Å²) >= 11 is 0. The van der Waals surface area contributed by atoms with Gasteiger partial charge in [-0.05, 0) is 37.8 Å². The highest BCUT2D eigenvalue weighted by molar-refractivity contribution is 5.99. The van der Waals surface area contributed by atoms with Gasteiger partial charge in [0.15, 0.2) is 0 Å². The maximum absolute atomic E-state index is 13.0. The molecule has 3 fully saturated rings. The fraction of sp³-hybridized carbons (Fsp3) is 0.611. The van der Waals surface area contributed by atoms with Crippen molar-refractivity contribution in [2.24, 2.45) is 0 Å². The van der Waals surface area contributed by atoms with Crippen molar-refractivity contribution in [3.63, 3.8) is 0 Å². The van der Waals surface area contributed by atoms with E-state index >= 15 is 0 Å².